The van der Waals surface area contributed by atoms with Crippen LogP contribution < -0.4 is 21.1 Å². The van der Waals surface area contributed by atoms with Crippen molar-refractivity contribution in [1.82, 2.24) is 9.80 Å². The van der Waals surface area contributed by atoms with E-state index < -0.39 is 17.0 Å². The normalized spacial score (nSPS) is 18.8. The number of thiophene rings is 1. The van der Waals surface area contributed by atoms with Crippen LogP contribution >= 0.6 is 11.3 Å². The zero-order chi connectivity index (χ0) is 32.9. The van der Waals surface area contributed by atoms with Crippen LogP contribution in [0.15, 0.2) is 23.4 Å². The largest absolute Gasteiger partial charge is 0.493 e. The molecular formula is C32H45N7O5S. The Kier molecular flexibility index (Phi) is 10.5. The molecule has 0 saturated carbocycles. The first-order chi connectivity index (χ1) is 21.2. The predicted molar refractivity (Wildman–Crippen MR) is 176 cm³/mol. The van der Waals surface area contributed by atoms with Gasteiger partial charge in [-0.2, -0.15) is 5.26 Å². The van der Waals surface area contributed by atoms with Gasteiger partial charge in [0.15, 0.2) is 5.84 Å². The molecule has 1 saturated heterocycles. The molecular weight excluding hydrogens is 594 g/mol. The Labute approximate surface area is 269 Å². The Morgan fingerprint density at radius 3 is 2.53 bits per heavy atom. The van der Waals surface area contributed by atoms with Crippen LogP contribution in [-0.4, -0.2) is 86.7 Å². The number of carbonyl (C=O) groups excluding carboxylic acids is 2. The lowest BCUT2D eigenvalue weighted by Crippen LogP contribution is -2.50. The van der Waals surface area contributed by atoms with Crippen molar-refractivity contribution in [3.63, 3.8) is 0 Å². The Morgan fingerprint density at radius 1 is 1.18 bits per heavy atom. The van der Waals surface area contributed by atoms with Crippen molar-refractivity contribution in [2.75, 3.05) is 64.1 Å². The SMILES string of the molecule is CN(C)CCCOc1cc(/C(N)=N/OC(=O)C2(C)CCCc3sc(N)c(C#N)c32)cc(N2CCN(C(=O)OC(C)(C)C)CC2)c1. The van der Waals surface area contributed by atoms with E-state index in [1.165, 1.54) is 11.3 Å². The summed E-state index contributed by atoms with van der Waals surface area (Å²) in [5.41, 5.74) is 13.2. The molecule has 45 heavy (non-hydrogen) atoms. The minimum Gasteiger partial charge on any atom is -0.493 e. The number of anilines is 2. The molecule has 1 atom stereocenters. The van der Waals surface area contributed by atoms with Gasteiger partial charge in [0.05, 0.1) is 17.6 Å². The van der Waals surface area contributed by atoms with E-state index in [1.54, 1.807) is 17.9 Å². The minimum atomic E-state index is -1.06. The third-order valence-corrected chi connectivity index (χ3v) is 9.01. The summed E-state index contributed by atoms with van der Waals surface area (Å²) in [6.07, 6.45) is 2.54. The monoisotopic (exact) mass is 639 g/mol. The lowest BCUT2D eigenvalue weighted by molar-refractivity contribution is -0.150. The van der Waals surface area contributed by atoms with Crippen LogP contribution in [0, 0.1) is 11.3 Å². The lowest BCUT2D eigenvalue weighted by Gasteiger charge is -2.37. The number of nitrogen functional groups attached to an aromatic ring is 1. The topological polar surface area (TPSA) is 160 Å². The summed E-state index contributed by atoms with van der Waals surface area (Å²) in [7, 11) is 4.02. The fraction of sp³-hybridized carbons (Fsp3) is 0.562. The number of hydrogen-bond acceptors (Lipinski definition) is 11. The molecule has 1 aromatic carbocycles. The van der Waals surface area contributed by atoms with Crippen LogP contribution in [0.4, 0.5) is 15.5 Å². The van der Waals surface area contributed by atoms with Gasteiger partial charge in [0, 0.05) is 60.5 Å². The van der Waals surface area contributed by atoms with Gasteiger partial charge >= 0.3 is 12.1 Å². The van der Waals surface area contributed by atoms with Crippen molar-refractivity contribution in [3.8, 4) is 11.8 Å². The predicted octanol–water partition coefficient (Wildman–Crippen LogP) is 4.05. The number of oxime groups is 1. The van der Waals surface area contributed by atoms with Crippen LogP contribution in [0.1, 0.15) is 68.5 Å². The summed E-state index contributed by atoms with van der Waals surface area (Å²) >= 11 is 1.35. The number of nitriles is 1. The quantitative estimate of drug-likeness (QED) is 0.135. The highest BCUT2D eigenvalue weighted by molar-refractivity contribution is 7.16. The number of aryl methyl sites for hydroxylation is 1. The standard InChI is InChI=1S/C32H45N7O5S/c1-31(2,3)43-30(41)39-14-12-38(13-15-39)22-17-21(18-23(19-22)42-16-8-11-37(5)6)27(34)36-44-29(40)32(4)10-7-9-25-26(32)24(20-33)28(35)45-25/h17-19H,7-16,35H2,1-6H3,(H2,34,36). The van der Waals surface area contributed by atoms with E-state index in [0.29, 0.717) is 66.6 Å². The molecule has 4 N–H and O–H groups in total. The van der Waals surface area contributed by atoms with Crippen LogP contribution in [0.5, 0.6) is 5.75 Å². The maximum atomic E-state index is 13.5. The summed E-state index contributed by atoms with van der Waals surface area (Å²) in [6.45, 7) is 10.9. The van der Waals surface area contributed by atoms with Gasteiger partial charge in [0.2, 0.25) is 0 Å². The third-order valence-electron chi connectivity index (χ3n) is 7.93. The maximum absolute atomic E-state index is 13.5. The first kappa shape index (κ1) is 33.9. The van der Waals surface area contributed by atoms with Crippen LogP contribution in [0.3, 0.4) is 0 Å². The zero-order valence-electron chi connectivity index (χ0n) is 27.1. The first-order valence-electron chi connectivity index (χ1n) is 15.2. The molecule has 0 spiro atoms. The van der Waals surface area contributed by atoms with Crippen molar-refractivity contribution in [3.05, 3.63) is 39.8 Å². The van der Waals surface area contributed by atoms with Crippen LogP contribution in [0.25, 0.3) is 0 Å². The zero-order valence-corrected chi connectivity index (χ0v) is 28.0. The Hall–Kier alpha value is -4.02. The number of ether oxygens (including phenoxy) is 2. The number of amidine groups is 1. The molecule has 244 valence electrons. The van der Waals surface area contributed by atoms with E-state index in [0.717, 1.165) is 36.4 Å². The molecule has 13 heteroatoms. The molecule has 4 rings (SSSR count). The fourth-order valence-electron chi connectivity index (χ4n) is 5.59. The lowest BCUT2D eigenvalue weighted by atomic mass is 9.72. The highest BCUT2D eigenvalue weighted by Crippen LogP contribution is 2.46. The van der Waals surface area contributed by atoms with E-state index in [9.17, 15) is 14.9 Å². The Morgan fingerprint density at radius 2 is 1.89 bits per heavy atom. The molecule has 1 aromatic heterocycles. The number of nitrogens with zero attached hydrogens (tertiary/aromatic N) is 5. The molecule has 2 aromatic rings. The maximum Gasteiger partial charge on any atom is 0.410 e. The number of nitrogens with two attached hydrogens (primary N) is 2. The second kappa shape index (κ2) is 14.0. The average molecular weight is 640 g/mol. The molecule has 2 heterocycles. The number of amides is 1. The van der Waals surface area contributed by atoms with E-state index in [4.69, 9.17) is 25.8 Å². The summed E-state index contributed by atoms with van der Waals surface area (Å²) in [5, 5.41) is 14.2. The van der Waals surface area contributed by atoms with Gasteiger partial charge in [-0.05, 0) is 79.6 Å². The number of fused-ring (bicyclic) bond motifs is 1. The fourth-order valence-corrected chi connectivity index (χ4v) is 6.78. The van der Waals surface area contributed by atoms with Gasteiger partial charge in [0.25, 0.3) is 0 Å². The molecule has 0 radical (unpaired) electrons. The van der Waals surface area contributed by atoms with Gasteiger partial charge in [0.1, 0.15) is 22.4 Å². The number of benzene rings is 1. The number of hydrogen-bond donors (Lipinski definition) is 2. The van der Waals surface area contributed by atoms with Gasteiger partial charge in [-0.15, -0.1) is 11.3 Å². The molecule has 2 aliphatic rings. The van der Waals surface area contributed by atoms with Crippen molar-refractivity contribution < 1.29 is 23.9 Å². The third kappa shape index (κ3) is 8.18. The van der Waals surface area contributed by atoms with Gasteiger partial charge < -0.3 is 40.5 Å². The molecule has 1 aliphatic heterocycles. The summed E-state index contributed by atoms with van der Waals surface area (Å²) in [5.74, 6) is 0.0348. The Balaban J connectivity index is 1.54. The molecule has 12 nitrogen and oxygen atoms in total. The molecule has 0 bridgehead atoms. The van der Waals surface area contributed by atoms with Crippen molar-refractivity contribution >= 4 is 39.9 Å². The highest BCUT2D eigenvalue weighted by atomic mass is 32.1. The second-order valence-corrected chi connectivity index (χ2v) is 14.1. The van der Waals surface area contributed by atoms with Crippen molar-refractivity contribution in [2.24, 2.45) is 10.9 Å². The smallest absolute Gasteiger partial charge is 0.410 e. The number of carbonyl (C=O) groups is 2. The Bertz CT molecular complexity index is 1470. The van der Waals surface area contributed by atoms with Crippen LogP contribution in [-0.2, 0) is 26.2 Å². The summed E-state index contributed by atoms with van der Waals surface area (Å²) in [4.78, 5) is 38.4. The van der Waals surface area contributed by atoms with Gasteiger partial charge in [-0.3, -0.25) is 0 Å². The summed E-state index contributed by atoms with van der Waals surface area (Å²) in [6, 6.07) is 7.75. The van der Waals surface area contributed by atoms with E-state index in [2.05, 4.69) is 21.0 Å². The van der Waals surface area contributed by atoms with E-state index >= 15 is 0 Å². The van der Waals surface area contributed by atoms with Gasteiger partial charge in [-0.25, -0.2) is 9.59 Å². The minimum absolute atomic E-state index is 0.0145. The van der Waals surface area contributed by atoms with Gasteiger partial charge in [-0.1, -0.05) is 5.16 Å². The first-order valence-corrected chi connectivity index (χ1v) is 16.1. The molecule has 1 aliphatic carbocycles. The molecule has 1 unspecified atom stereocenters. The van der Waals surface area contributed by atoms with Crippen molar-refractivity contribution in [1.29, 1.82) is 5.26 Å². The average Bonchev–Trinajstić information content (AvgIpc) is 3.33. The molecule has 1 amide bonds. The van der Waals surface area contributed by atoms with E-state index in [1.807, 2.05) is 47.0 Å². The highest BCUT2D eigenvalue weighted by Gasteiger charge is 2.44. The van der Waals surface area contributed by atoms with Crippen molar-refractivity contribution in [2.45, 2.75) is 64.4 Å². The summed E-state index contributed by atoms with van der Waals surface area (Å²) < 4.78 is 11.6. The number of piperazine rings is 1. The number of rotatable bonds is 9. The van der Waals surface area contributed by atoms with Crippen LogP contribution in [0.2, 0.25) is 0 Å². The van der Waals surface area contributed by atoms with E-state index in [-0.39, 0.29) is 11.9 Å². The second-order valence-electron chi connectivity index (χ2n) is 13.0. The molecule has 1 fully saturated rings.